The minimum absolute atomic E-state index is 0.00912. The molecule has 0 aliphatic carbocycles. The lowest BCUT2D eigenvalue weighted by atomic mass is 10.2. The van der Waals surface area contributed by atoms with Gasteiger partial charge in [0.15, 0.2) is 6.61 Å². The lowest BCUT2D eigenvalue weighted by Crippen LogP contribution is -2.28. The van der Waals surface area contributed by atoms with Crippen molar-refractivity contribution >= 4 is 17.2 Å². The van der Waals surface area contributed by atoms with Crippen molar-refractivity contribution in [3.8, 4) is 16.3 Å². The summed E-state index contributed by atoms with van der Waals surface area (Å²) in [7, 11) is 0. The Morgan fingerprint density at radius 3 is 2.88 bits per heavy atom. The molecule has 2 aromatic heterocycles. The highest BCUT2D eigenvalue weighted by Gasteiger charge is 2.07. The highest BCUT2D eigenvalue weighted by molar-refractivity contribution is 7.13. The molecule has 0 spiro atoms. The van der Waals surface area contributed by atoms with Crippen molar-refractivity contribution in [1.82, 2.24) is 15.3 Å². The van der Waals surface area contributed by atoms with Crippen molar-refractivity contribution in [2.24, 2.45) is 0 Å². The molecule has 0 saturated heterocycles. The number of carbonyl (C=O) groups excluding carboxylic acids is 1. The summed E-state index contributed by atoms with van der Waals surface area (Å²) >= 11 is 1.54. The number of hydrogen-bond donors (Lipinski definition) is 1. The molecule has 3 rings (SSSR count). The summed E-state index contributed by atoms with van der Waals surface area (Å²) < 4.78 is 5.47. The quantitative estimate of drug-likeness (QED) is 0.749. The molecule has 0 saturated carbocycles. The number of rotatable bonds is 6. The maximum Gasteiger partial charge on any atom is 0.258 e. The van der Waals surface area contributed by atoms with Gasteiger partial charge in [0.2, 0.25) is 0 Å². The normalized spacial score (nSPS) is 10.4. The largest absolute Gasteiger partial charge is 0.484 e. The highest BCUT2D eigenvalue weighted by atomic mass is 32.1. The van der Waals surface area contributed by atoms with E-state index in [9.17, 15) is 4.79 Å². The van der Waals surface area contributed by atoms with Crippen LogP contribution in [0.5, 0.6) is 5.75 Å². The van der Waals surface area contributed by atoms with E-state index in [1.54, 1.807) is 23.7 Å². The number of aromatic nitrogens is 2. The molecule has 0 radical (unpaired) electrons. The molecule has 1 amide bonds. The van der Waals surface area contributed by atoms with E-state index in [0.29, 0.717) is 12.3 Å². The van der Waals surface area contributed by atoms with E-state index in [0.717, 1.165) is 21.8 Å². The predicted octanol–water partition coefficient (Wildman–Crippen LogP) is 3.21. The maximum absolute atomic E-state index is 11.9. The van der Waals surface area contributed by atoms with Crippen LogP contribution in [0.3, 0.4) is 0 Å². The zero-order chi connectivity index (χ0) is 16.8. The van der Waals surface area contributed by atoms with Gasteiger partial charge in [-0.05, 0) is 36.8 Å². The standard InChI is InChI=1S/C18H17N3O2S/c1-13-3-2-4-16(9-13)23-11-17(22)20-10-15-12-24-18(21-15)14-5-7-19-8-6-14/h2-9,12H,10-11H2,1H3,(H,20,22). The molecule has 0 unspecified atom stereocenters. The molecule has 2 heterocycles. The van der Waals surface area contributed by atoms with E-state index < -0.39 is 0 Å². The number of hydrogen-bond acceptors (Lipinski definition) is 5. The van der Waals surface area contributed by atoms with Crippen molar-refractivity contribution in [1.29, 1.82) is 0 Å². The summed E-state index contributed by atoms with van der Waals surface area (Å²) in [6, 6.07) is 11.4. The van der Waals surface area contributed by atoms with Crippen LogP contribution < -0.4 is 10.1 Å². The fourth-order valence-corrected chi connectivity index (χ4v) is 2.94. The molecule has 0 aliphatic heterocycles. The number of ether oxygens (including phenoxy) is 1. The van der Waals surface area contributed by atoms with E-state index in [-0.39, 0.29) is 12.5 Å². The van der Waals surface area contributed by atoms with Crippen LogP contribution in [0.25, 0.3) is 10.6 Å². The van der Waals surface area contributed by atoms with Crippen LogP contribution >= 0.6 is 11.3 Å². The first-order valence-corrected chi connectivity index (χ1v) is 8.39. The Bertz CT molecular complexity index is 818. The Morgan fingerprint density at radius 1 is 1.25 bits per heavy atom. The maximum atomic E-state index is 11.9. The topological polar surface area (TPSA) is 64.1 Å². The minimum Gasteiger partial charge on any atom is -0.484 e. The Morgan fingerprint density at radius 2 is 2.08 bits per heavy atom. The summed E-state index contributed by atoms with van der Waals surface area (Å²) in [5.41, 5.74) is 2.95. The van der Waals surface area contributed by atoms with Gasteiger partial charge >= 0.3 is 0 Å². The molecular formula is C18H17N3O2S. The molecular weight excluding hydrogens is 322 g/mol. The van der Waals surface area contributed by atoms with E-state index in [4.69, 9.17) is 4.74 Å². The summed E-state index contributed by atoms with van der Waals surface area (Å²) in [4.78, 5) is 20.4. The number of amides is 1. The van der Waals surface area contributed by atoms with Gasteiger partial charge in [-0.25, -0.2) is 4.98 Å². The Balaban J connectivity index is 1.49. The fourth-order valence-electron chi connectivity index (χ4n) is 2.11. The van der Waals surface area contributed by atoms with Crippen molar-refractivity contribution in [2.75, 3.05) is 6.61 Å². The lowest BCUT2D eigenvalue weighted by molar-refractivity contribution is -0.123. The number of carbonyl (C=O) groups is 1. The Hall–Kier alpha value is -2.73. The second kappa shape index (κ2) is 7.70. The molecule has 5 nitrogen and oxygen atoms in total. The zero-order valence-corrected chi connectivity index (χ0v) is 14.0. The minimum atomic E-state index is -0.171. The Kier molecular flexibility index (Phi) is 5.18. The number of benzene rings is 1. The van der Waals surface area contributed by atoms with E-state index in [1.807, 2.05) is 48.7 Å². The summed E-state index contributed by atoms with van der Waals surface area (Å²) in [5.74, 6) is 0.522. The average Bonchev–Trinajstić information content (AvgIpc) is 3.08. The number of thiazole rings is 1. The molecule has 1 N–H and O–H groups in total. The van der Waals surface area contributed by atoms with Gasteiger partial charge in [-0.15, -0.1) is 11.3 Å². The molecule has 0 fully saturated rings. The van der Waals surface area contributed by atoms with Gasteiger partial charge in [-0.3, -0.25) is 9.78 Å². The second-order valence-electron chi connectivity index (χ2n) is 5.26. The van der Waals surface area contributed by atoms with Gasteiger partial charge in [0.1, 0.15) is 10.8 Å². The number of nitrogens with one attached hydrogen (secondary N) is 1. The van der Waals surface area contributed by atoms with Crippen LogP contribution in [0.2, 0.25) is 0 Å². The molecule has 0 bridgehead atoms. The third kappa shape index (κ3) is 4.39. The van der Waals surface area contributed by atoms with E-state index >= 15 is 0 Å². The van der Waals surface area contributed by atoms with E-state index in [1.165, 1.54) is 0 Å². The number of aryl methyl sites for hydroxylation is 1. The molecule has 1 aromatic carbocycles. The van der Waals surface area contributed by atoms with Gasteiger partial charge in [0, 0.05) is 23.3 Å². The SMILES string of the molecule is Cc1cccc(OCC(=O)NCc2csc(-c3ccncc3)n2)c1. The van der Waals surface area contributed by atoms with Crippen molar-refractivity contribution in [3.05, 3.63) is 65.4 Å². The average molecular weight is 339 g/mol. The van der Waals surface area contributed by atoms with Crippen LogP contribution in [0.1, 0.15) is 11.3 Å². The molecule has 122 valence electrons. The fraction of sp³-hybridized carbons (Fsp3) is 0.167. The highest BCUT2D eigenvalue weighted by Crippen LogP contribution is 2.22. The second-order valence-corrected chi connectivity index (χ2v) is 6.12. The summed E-state index contributed by atoms with van der Waals surface area (Å²) in [6.07, 6.45) is 3.47. The molecule has 6 heteroatoms. The van der Waals surface area contributed by atoms with Crippen LogP contribution in [0.4, 0.5) is 0 Å². The van der Waals surface area contributed by atoms with Gasteiger partial charge in [0.25, 0.3) is 5.91 Å². The van der Waals surface area contributed by atoms with Crippen LogP contribution in [0, 0.1) is 6.92 Å². The third-order valence-electron chi connectivity index (χ3n) is 3.31. The monoisotopic (exact) mass is 339 g/mol. The Labute approximate surface area is 144 Å². The van der Waals surface area contributed by atoms with Crippen molar-refractivity contribution in [3.63, 3.8) is 0 Å². The molecule has 0 aliphatic rings. The van der Waals surface area contributed by atoms with E-state index in [2.05, 4.69) is 15.3 Å². The van der Waals surface area contributed by atoms with Gasteiger partial charge in [0.05, 0.1) is 12.2 Å². The van der Waals surface area contributed by atoms with Gasteiger partial charge in [-0.1, -0.05) is 12.1 Å². The lowest BCUT2D eigenvalue weighted by Gasteiger charge is -2.07. The molecule has 0 atom stereocenters. The first kappa shape index (κ1) is 16.1. The first-order chi connectivity index (χ1) is 11.7. The summed E-state index contributed by atoms with van der Waals surface area (Å²) in [6.45, 7) is 2.36. The number of nitrogens with zero attached hydrogens (tertiary/aromatic N) is 2. The molecule has 24 heavy (non-hydrogen) atoms. The van der Waals surface area contributed by atoms with Crippen LogP contribution in [0.15, 0.2) is 54.2 Å². The number of pyridine rings is 1. The third-order valence-corrected chi connectivity index (χ3v) is 4.25. The van der Waals surface area contributed by atoms with Crippen LogP contribution in [-0.4, -0.2) is 22.5 Å². The van der Waals surface area contributed by atoms with Crippen molar-refractivity contribution < 1.29 is 9.53 Å². The smallest absolute Gasteiger partial charge is 0.258 e. The van der Waals surface area contributed by atoms with Crippen LogP contribution in [-0.2, 0) is 11.3 Å². The molecule has 3 aromatic rings. The first-order valence-electron chi connectivity index (χ1n) is 7.52. The predicted molar refractivity (Wildman–Crippen MR) is 93.9 cm³/mol. The zero-order valence-electron chi connectivity index (χ0n) is 13.2. The van der Waals surface area contributed by atoms with Gasteiger partial charge < -0.3 is 10.1 Å². The van der Waals surface area contributed by atoms with Gasteiger partial charge in [-0.2, -0.15) is 0 Å². The van der Waals surface area contributed by atoms with Crippen molar-refractivity contribution in [2.45, 2.75) is 13.5 Å². The summed E-state index contributed by atoms with van der Waals surface area (Å²) in [5, 5.41) is 5.67.